The van der Waals surface area contributed by atoms with Crippen molar-refractivity contribution >= 4 is 28.3 Å². The molecule has 0 heterocycles. The average molecular weight is 541 g/mol. The topological polar surface area (TPSA) is 115 Å². The molecule has 3 aromatic rings. The molecular weight excluding hydrogens is 512 g/mol. The maximum atomic E-state index is 13.4. The van der Waals surface area contributed by atoms with Crippen LogP contribution in [0.1, 0.15) is 33.9 Å². The summed E-state index contributed by atoms with van der Waals surface area (Å²) in [5.41, 5.74) is 3.07. The molecule has 194 valence electrons. The largest absolute Gasteiger partial charge is 0.493 e. The molecule has 2 N–H and O–H groups in total. The fourth-order valence-corrected chi connectivity index (χ4v) is 5.78. The van der Waals surface area contributed by atoms with Crippen LogP contribution in [0.15, 0.2) is 63.1 Å². The van der Waals surface area contributed by atoms with E-state index in [2.05, 4.69) is 5.32 Å². The summed E-state index contributed by atoms with van der Waals surface area (Å²) >= 11 is 1.35. The summed E-state index contributed by atoms with van der Waals surface area (Å²) in [6.45, 7) is 0. The quantitative estimate of drug-likeness (QED) is 0.299. The first-order valence-electron chi connectivity index (χ1n) is 11.5. The molecule has 1 aliphatic carbocycles. The minimum atomic E-state index is -2.46. The van der Waals surface area contributed by atoms with Gasteiger partial charge in [0.05, 0.1) is 53.3 Å². The number of thioether (sulfide) groups is 1. The molecule has 0 bridgehead atoms. The normalized spacial score (nSPS) is 15.0. The van der Waals surface area contributed by atoms with Crippen molar-refractivity contribution < 1.29 is 23.2 Å². The summed E-state index contributed by atoms with van der Waals surface area (Å²) in [6, 6.07) is 12.9. The molecule has 10 heteroatoms. The van der Waals surface area contributed by atoms with Crippen molar-refractivity contribution in [2.75, 3.05) is 27.6 Å². The van der Waals surface area contributed by atoms with E-state index < -0.39 is 22.5 Å². The van der Waals surface area contributed by atoms with Gasteiger partial charge in [0, 0.05) is 5.56 Å². The van der Waals surface area contributed by atoms with Gasteiger partial charge in [-0.1, -0.05) is 18.2 Å². The number of thiol groups is 1. The smallest absolute Gasteiger partial charge is 0.253 e. The van der Waals surface area contributed by atoms with Crippen LogP contribution in [0.4, 0.5) is 0 Å². The van der Waals surface area contributed by atoms with Gasteiger partial charge >= 0.3 is 0 Å². The molecule has 1 aliphatic rings. The lowest BCUT2D eigenvalue weighted by Crippen LogP contribution is -2.29. The van der Waals surface area contributed by atoms with Gasteiger partial charge in [-0.05, 0) is 66.1 Å². The third kappa shape index (κ3) is 5.03. The van der Waals surface area contributed by atoms with E-state index in [-0.39, 0.29) is 15.9 Å². The molecule has 0 radical (unpaired) electrons. The van der Waals surface area contributed by atoms with Crippen molar-refractivity contribution in [1.29, 1.82) is 4.78 Å². The van der Waals surface area contributed by atoms with Crippen LogP contribution >= 0.6 is 11.8 Å². The molecule has 37 heavy (non-hydrogen) atoms. The summed E-state index contributed by atoms with van der Waals surface area (Å²) in [7, 11) is 2.18. The molecule has 0 saturated heterocycles. The highest BCUT2D eigenvalue weighted by molar-refractivity contribution is 7.98. The van der Waals surface area contributed by atoms with Crippen molar-refractivity contribution in [3.8, 4) is 28.4 Å². The number of fused-ring (bicyclic) bond motifs is 3. The maximum Gasteiger partial charge on any atom is 0.253 e. The highest BCUT2D eigenvalue weighted by Crippen LogP contribution is 2.50. The predicted molar refractivity (Wildman–Crippen MR) is 145 cm³/mol. The van der Waals surface area contributed by atoms with Gasteiger partial charge in [0.2, 0.25) is 5.75 Å². The average Bonchev–Trinajstić information content (AvgIpc) is 3.15. The van der Waals surface area contributed by atoms with Gasteiger partial charge in [-0.15, -0.1) is 11.8 Å². The summed E-state index contributed by atoms with van der Waals surface area (Å²) in [4.78, 5) is 27.2. The van der Waals surface area contributed by atoms with Gasteiger partial charge < -0.3 is 19.5 Å². The molecular formula is C27H28N2O6S2. The Kier molecular flexibility index (Phi) is 8.09. The first kappa shape index (κ1) is 26.6. The SMILES string of the molecule is COc1cc2c(c(OC)c1OC)-c1ccc(SC)c(=O)cc1[C@@H](NC(=O)c1ccccc1[SH](=N)=O)CC2. The molecule has 8 nitrogen and oxygen atoms in total. The Morgan fingerprint density at radius 1 is 1.05 bits per heavy atom. The summed E-state index contributed by atoms with van der Waals surface area (Å²) < 4.78 is 36.6. The summed E-state index contributed by atoms with van der Waals surface area (Å²) in [5, 5.41) is 3.03. The molecule has 4 rings (SSSR count). The van der Waals surface area contributed by atoms with Crippen LogP contribution in [0, 0.1) is 4.78 Å². The molecule has 0 saturated carbocycles. The molecule has 1 unspecified atom stereocenters. The number of ether oxygens (including phenoxy) is 3. The van der Waals surface area contributed by atoms with Gasteiger partial charge in [0.15, 0.2) is 16.9 Å². The van der Waals surface area contributed by atoms with Crippen molar-refractivity contribution in [3.63, 3.8) is 0 Å². The number of carbonyl (C=O) groups is 1. The lowest BCUT2D eigenvalue weighted by atomic mass is 9.95. The number of benzene rings is 2. The zero-order valence-electron chi connectivity index (χ0n) is 20.9. The van der Waals surface area contributed by atoms with E-state index in [0.29, 0.717) is 40.5 Å². The van der Waals surface area contributed by atoms with Crippen molar-refractivity contribution in [2.24, 2.45) is 0 Å². The van der Waals surface area contributed by atoms with Crippen LogP contribution in [0.5, 0.6) is 17.2 Å². The van der Waals surface area contributed by atoms with Gasteiger partial charge in [-0.25, -0.2) is 4.21 Å². The van der Waals surface area contributed by atoms with Crippen molar-refractivity contribution in [2.45, 2.75) is 28.7 Å². The zero-order chi connectivity index (χ0) is 26.7. The van der Waals surface area contributed by atoms with E-state index in [1.807, 2.05) is 18.4 Å². The molecule has 2 atom stereocenters. The monoisotopic (exact) mass is 540 g/mol. The second kappa shape index (κ2) is 11.3. The lowest BCUT2D eigenvalue weighted by molar-refractivity contribution is 0.0931. The van der Waals surface area contributed by atoms with Crippen LogP contribution in [0.25, 0.3) is 11.1 Å². The number of carbonyl (C=O) groups excluding carboxylic acids is 1. The van der Waals surface area contributed by atoms with E-state index in [0.717, 1.165) is 16.7 Å². The molecule has 0 spiro atoms. The molecule has 3 aromatic carbocycles. The number of amides is 1. The van der Waals surface area contributed by atoms with E-state index in [9.17, 15) is 13.8 Å². The summed E-state index contributed by atoms with van der Waals surface area (Å²) in [6.07, 6.45) is 2.87. The van der Waals surface area contributed by atoms with Crippen LogP contribution in [0.3, 0.4) is 0 Å². The van der Waals surface area contributed by atoms with Crippen LogP contribution in [-0.4, -0.2) is 37.7 Å². The highest BCUT2D eigenvalue weighted by Gasteiger charge is 2.30. The van der Waals surface area contributed by atoms with Crippen molar-refractivity contribution in [1.82, 2.24) is 5.32 Å². The third-order valence-corrected chi connectivity index (χ3v) is 8.00. The van der Waals surface area contributed by atoms with Gasteiger partial charge in [-0.2, -0.15) is 0 Å². The van der Waals surface area contributed by atoms with Gasteiger partial charge in [-0.3, -0.25) is 14.4 Å². The van der Waals surface area contributed by atoms with Gasteiger partial charge in [0.25, 0.3) is 5.91 Å². The minimum Gasteiger partial charge on any atom is -0.493 e. The molecule has 1 amide bonds. The Labute approximate surface area is 221 Å². The number of aryl methyl sites for hydroxylation is 1. The Morgan fingerprint density at radius 3 is 2.43 bits per heavy atom. The number of methoxy groups -OCH3 is 3. The Morgan fingerprint density at radius 2 is 1.78 bits per heavy atom. The molecule has 0 aromatic heterocycles. The first-order chi connectivity index (χ1) is 17.8. The zero-order valence-corrected chi connectivity index (χ0v) is 22.6. The second-order valence-electron chi connectivity index (χ2n) is 8.34. The Bertz CT molecular complexity index is 1500. The van der Waals surface area contributed by atoms with Gasteiger partial charge in [0.1, 0.15) is 0 Å². The fourth-order valence-electron chi connectivity index (χ4n) is 4.70. The number of nitrogens with one attached hydrogen (secondary N) is 2. The van der Waals surface area contributed by atoms with Crippen molar-refractivity contribution in [3.05, 3.63) is 75.4 Å². The van der Waals surface area contributed by atoms with E-state index >= 15 is 0 Å². The molecule has 0 fully saturated rings. The predicted octanol–water partition coefficient (Wildman–Crippen LogP) is 4.48. The third-order valence-electron chi connectivity index (χ3n) is 6.39. The summed E-state index contributed by atoms with van der Waals surface area (Å²) in [5.74, 6) is 0.972. The van der Waals surface area contributed by atoms with E-state index in [4.69, 9.17) is 19.0 Å². The van der Waals surface area contributed by atoms with Crippen LogP contribution in [0.2, 0.25) is 0 Å². The second-order valence-corrected chi connectivity index (χ2v) is 10.3. The number of rotatable bonds is 7. The highest BCUT2D eigenvalue weighted by atomic mass is 32.2. The minimum absolute atomic E-state index is 0.162. The van der Waals surface area contributed by atoms with E-state index in [1.54, 1.807) is 44.6 Å². The molecule has 0 aliphatic heterocycles. The van der Waals surface area contributed by atoms with Crippen LogP contribution < -0.4 is 25.0 Å². The standard InChI is InChI=1S/C27H28N2O6S2/c1-33-21-13-15-9-11-19(29-27(31)17-7-5-6-8-23(17)37(28)32)18-14-20(30)22(36-4)12-10-16(18)24(15)26(35-3)25(21)34-2/h5-8,10,12-14,19,28,37H,9,11H2,1-4H3,(H,29,31)/t19-/m0/s1. The number of hydrogen-bond donors (Lipinski definition) is 3. The lowest BCUT2D eigenvalue weighted by Gasteiger charge is -2.20. The first-order valence-corrected chi connectivity index (χ1v) is 14.0. The maximum absolute atomic E-state index is 13.4. The van der Waals surface area contributed by atoms with E-state index in [1.165, 1.54) is 24.9 Å². The van der Waals surface area contributed by atoms with Crippen LogP contribution in [-0.2, 0) is 17.0 Å². The number of hydrogen-bond acceptors (Lipinski definition) is 8. The fraction of sp³-hybridized carbons (Fsp3) is 0.259. The Balaban J connectivity index is 1.94. The Hall–Kier alpha value is -3.50.